The molecule has 116 valence electrons. The number of nitrogens with zero attached hydrogens (tertiary/aromatic N) is 1. The Morgan fingerprint density at radius 1 is 1.09 bits per heavy atom. The maximum absolute atomic E-state index is 5.86. The van der Waals surface area contributed by atoms with E-state index in [9.17, 15) is 0 Å². The highest BCUT2D eigenvalue weighted by Crippen LogP contribution is 2.30. The zero-order chi connectivity index (χ0) is 15.5. The number of benzene rings is 2. The number of halogens is 1. The predicted octanol–water partition coefficient (Wildman–Crippen LogP) is 3.66. The van der Waals surface area contributed by atoms with Crippen molar-refractivity contribution < 1.29 is 14.2 Å². The first-order valence-corrected chi connectivity index (χ1v) is 8.12. The third kappa shape index (κ3) is 3.30. The standard InChI is InChI=1S/C17H18INO3/c1-20-15-6-3-12(7-17(15)21-2)9-19-10-13-4-5-14(18)8-16(13)22-11-19/h3-8H,9-11H2,1-2H3. The molecule has 0 saturated carbocycles. The van der Waals surface area contributed by atoms with Crippen molar-refractivity contribution in [1.82, 2.24) is 4.90 Å². The molecule has 0 N–H and O–H groups in total. The van der Waals surface area contributed by atoms with Crippen LogP contribution in [0.5, 0.6) is 17.2 Å². The molecule has 1 aliphatic rings. The molecular formula is C17H18INO3. The third-order valence-electron chi connectivity index (χ3n) is 3.68. The van der Waals surface area contributed by atoms with Crippen LogP contribution >= 0.6 is 22.6 Å². The van der Waals surface area contributed by atoms with Gasteiger partial charge in [-0.1, -0.05) is 12.1 Å². The van der Waals surface area contributed by atoms with Crippen LogP contribution in [0.3, 0.4) is 0 Å². The SMILES string of the molecule is COc1ccc(CN2COc3cc(I)ccc3C2)cc1OC. The third-order valence-corrected chi connectivity index (χ3v) is 4.35. The topological polar surface area (TPSA) is 30.9 Å². The molecule has 2 aromatic rings. The minimum atomic E-state index is 0.599. The Kier molecular flexibility index (Phi) is 4.73. The average molecular weight is 411 g/mol. The molecule has 0 amide bonds. The maximum atomic E-state index is 5.86. The van der Waals surface area contributed by atoms with Gasteiger partial charge in [-0.15, -0.1) is 0 Å². The number of ether oxygens (including phenoxy) is 3. The average Bonchev–Trinajstić information content (AvgIpc) is 2.55. The van der Waals surface area contributed by atoms with Crippen molar-refractivity contribution in [2.24, 2.45) is 0 Å². The van der Waals surface area contributed by atoms with Crippen LogP contribution in [0, 0.1) is 3.57 Å². The van der Waals surface area contributed by atoms with Crippen LogP contribution in [0.25, 0.3) is 0 Å². The van der Waals surface area contributed by atoms with Crippen molar-refractivity contribution in [1.29, 1.82) is 0 Å². The summed E-state index contributed by atoms with van der Waals surface area (Å²) in [5, 5.41) is 0. The summed E-state index contributed by atoms with van der Waals surface area (Å²) >= 11 is 2.30. The molecule has 0 bridgehead atoms. The lowest BCUT2D eigenvalue weighted by atomic mass is 10.1. The van der Waals surface area contributed by atoms with Gasteiger partial charge in [-0.2, -0.15) is 0 Å². The van der Waals surface area contributed by atoms with Gasteiger partial charge in [0.05, 0.1) is 14.2 Å². The van der Waals surface area contributed by atoms with Gasteiger partial charge < -0.3 is 14.2 Å². The van der Waals surface area contributed by atoms with E-state index in [0.717, 1.165) is 30.3 Å². The zero-order valence-corrected chi connectivity index (χ0v) is 14.8. The highest BCUT2D eigenvalue weighted by molar-refractivity contribution is 14.1. The predicted molar refractivity (Wildman–Crippen MR) is 93.4 cm³/mol. The molecule has 0 radical (unpaired) electrons. The Morgan fingerprint density at radius 2 is 1.91 bits per heavy atom. The molecule has 0 aliphatic carbocycles. The van der Waals surface area contributed by atoms with E-state index in [4.69, 9.17) is 14.2 Å². The summed E-state index contributed by atoms with van der Waals surface area (Å²) in [5.74, 6) is 2.50. The van der Waals surface area contributed by atoms with Crippen molar-refractivity contribution in [3.8, 4) is 17.2 Å². The van der Waals surface area contributed by atoms with Gasteiger partial charge >= 0.3 is 0 Å². The lowest BCUT2D eigenvalue weighted by Crippen LogP contribution is -2.31. The molecule has 3 rings (SSSR count). The number of rotatable bonds is 4. The van der Waals surface area contributed by atoms with Crippen LogP contribution in [0.4, 0.5) is 0 Å². The van der Waals surface area contributed by atoms with Gasteiger partial charge in [0.15, 0.2) is 11.5 Å². The molecule has 4 nitrogen and oxygen atoms in total. The largest absolute Gasteiger partial charge is 0.493 e. The molecule has 0 fully saturated rings. The normalized spacial score (nSPS) is 14.1. The first kappa shape index (κ1) is 15.4. The molecule has 0 saturated heterocycles. The Bertz CT molecular complexity index is 675. The minimum Gasteiger partial charge on any atom is -0.493 e. The van der Waals surface area contributed by atoms with Gasteiger partial charge in [0, 0.05) is 22.2 Å². The van der Waals surface area contributed by atoms with Crippen LogP contribution in [-0.2, 0) is 13.1 Å². The first-order chi connectivity index (χ1) is 10.7. The van der Waals surface area contributed by atoms with Crippen molar-refractivity contribution in [2.75, 3.05) is 21.0 Å². The zero-order valence-electron chi connectivity index (χ0n) is 12.6. The van der Waals surface area contributed by atoms with E-state index in [0.29, 0.717) is 6.73 Å². The lowest BCUT2D eigenvalue weighted by Gasteiger charge is -2.29. The van der Waals surface area contributed by atoms with Crippen LogP contribution in [0.1, 0.15) is 11.1 Å². The summed E-state index contributed by atoms with van der Waals surface area (Å²) in [4.78, 5) is 2.26. The fourth-order valence-electron chi connectivity index (χ4n) is 2.58. The summed E-state index contributed by atoms with van der Waals surface area (Å²) in [6.07, 6.45) is 0. The molecule has 0 atom stereocenters. The quantitative estimate of drug-likeness (QED) is 0.719. The van der Waals surface area contributed by atoms with Crippen molar-refractivity contribution in [3.63, 3.8) is 0 Å². The van der Waals surface area contributed by atoms with E-state index in [1.807, 2.05) is 12.1 Å². The number of methoxy groups -OCH3 is 2. The van der Waals surface area contributed by atoms with Crippen molar-refractivity contribution in [3.05, 3.63) is 51.1 Å². The van der Waals surface area contributed by atoms with E-state index in [1.165, 1.54) is 14.7 Å². The van der Waals surface area contributed by atoms with E-state index in [2.05, 4.69) is 51.8 Å². The molecule has 1 heterocycles. The first-order valence-electron chi connectivity index (χ1n) is 7.04. The monoisotopic (exact) mass is 411 g/mol. The molecule has 1 aliphatic heterocycles. The van der Waals surface area contributed by atoms with Crippen molar-refractivity contribution in [2.45, 2.75) is 13.1 Å². The van der Waals surface area contributed by atoms with Gasteiger partial charge in [0.1, 0.15) is 12.5 Å². The second-order valence-corrected chi connectivity index (χ2v) is 6.45. The fourth-order valence-corrected chi connectivity index (χ4v) is 3.04. The Labute approximate surface area is 144 Å². The van der Waals surface area contributed by atoms with Crippen molar-refractivity contribution >= 4 is 22.6 Å². The number of hydrogen-bond acceptors (Lipinski definition) is 4. The van der Waals surface area contributed by atoms with Gasteiger partial charge in [0.25, 0.3) is 0 Å². The second-order valence-electron chi connectivity index (χ2n) is 5.20. The van der Waals surface area contributed by atoms with Gasteiger partial charge in [-0.05, 0) is 52.4 Å². The molecule has 2 aromatic carbocycles. The Morgan fingerprint density at radius 3 is 2.68 bits per heavy atom. The minimum absolute atomic E-state index is 0.599. The van der Waals surface area contributed by atoms with Gasteiger partial charge in [0.2, 0.25) is 0 Å². The molecule has 22 heavy (non-hydrogen) atoms. The van der Waals surface area contributed by atoms with Gasteiger partial charge in [-0.3, -0.25) is 4.90 Å². The smallest absolute Gasteiger partial charge is 0.161 e. The summed E-state index contributed by atoms with van der Waals surface area (Å²) in [5.41, 5.74) is 2.40. The number of fused-ring (bicyclic) bond motifs is 1. The maximum Gasteiger partial charge on any atom is 0.161 e. The van der Waals surface area contributed by atoms with Crippen LogP contribution in [0.15, 0.2) is 36.4 Å². The summed E-state index contributed by atoms with van der Waals surface area (Å²) < 4.78 is 17.7. The highest BCUT2D eigenvalue weighted by Gasteiger charge is 2.18. The van der Waals surface area contributed by atoms with Crippen LogP contribution in [0.2, 0.25) is 0 Å². The summed E-state index contributed by atoms with van der Waals surface area (Å²) in [7, 11) is 3.30. The fraction of sp³-hybridized carbons (Fsp3) is 0.294. The highest BCUT2D eigenvalue weighted by atomic mass is 127. The molecule has 0 spiro atoms. The van der Waals surface area contributed by atoms with Crippen LogP contribution in [-0.4, -0.2) is 25.9 Å². The molecular weight excluding hydrogens is 393 g/mol. The Hall–Kier alpha value is -1.47. The molecule has 5 heteroatoms. The lowest BCUT2D eigenvalue weighted by molar-refractivity contribution is 0.0885. The molecule has 0 aromatic heterocycles. The Balaban J connectivity index is 1.73. The van der Waals surface area contributed by atoms with E-state index in [-0.39, 0.29) is 0 Å². The molecule has 0 unspecified atom stereocenters. The summed E-state index contributed by atoms with van der Waals surface area (Å²) in [6, 6.07) is 12.4. The summed E-state index contributed by atoms with van der Waals surface area (Å²) in [6.45, 7) is 2.30. The van der Waals surface area contributed by atoms with E-state index < -0.39 is 0 Å². The van der Waals surface area contributed by atoms with E-state index in [1.54, 1.807) is 14.2 Å². The number of hydrogen-bond donors (Lipinski definition) is 0. The second kappa shape index (κ2) is 6.75. The van der Waals surface area contributed by atoms with E-state index >= 15 is 0 Å². The van der Waals surface area contributed by atoms with Gasteiger partial charge in [-0.25, -0.2) is 0 Å². The van der Waals surface area contributed by atoms with Crippen LogP contribution < -0.4 is 14.2 Å².